The Labute approximate surface area is 231 Å². The number of rotatable bonds is 8. The zero-order chi connectivity index (χ0) is 27.8. The zero-order valence-corrected chi connectivity index (χ0v) is 22.2. The van der Waals surface area contributed by atoms with Gasteiger partial charge in [0.05, 0.1) is 18.2 Å². The predicted molar refractivity (Wildman–Crippen MR) is 155 cm³/mol. The molecular weight excluding hydrogens is 502 g/mol. The highest BCUT2D eigenvalue weighted by Gasteiger charge is 2.26. The van der Waals surface area contributed by atoms with Crippen molar-refractivity contribution in [3.8, 4) is 22.9 Å². The number of imidazole rings is 1. The van der Waals surface area contributed by atoms with E-state index in [1.54, 1.807) is 28.1 Å². The maximum Gasteiger partial charge on any atom is 0.239 e. The second kappa shape index (κ2) is 10.1. The predicted octanol–water partition coefficient (Wildman–Crippen LogP) is 3.99. The fraction of sp³-hybridized carbons (Fsp3) is 0.167. The normalized spacial score (nSPS) is 14.2. The fourth-order valence-electron chi connectivity index (χ4n) is 5.12. The number of pyridine rings is 2. The van der Waals surface area contributed by atoms with Crippen LogP contribution in [-0.2, 0) is 11.2 Å². The highest BCUT2D eigenvalue weighted by Crippen LogP contribution is 2.36. The molecule has 1 aromatic carbocycles. The molecule has 5 aromatic rings. The third-order valence-electron chi connectivity index (χ3n) is 7.21. The Balaban J connectivity index is 1.39. The number of hydrogen-bond acceptors (Lipinski definition) is 7. The number of nitrogen functional groups attached to an aromatic ring is 1. The van der Waals surface area contributed by atoms with Gasteiger partial charge in [0.2, 0.25) is 5.91 Å². The molecule has 0 bridgehead atoms. The summed E-state index contributed by atoms with van der Waals surface area (Å²) in [5, 5.41) is 7.51. The van der Waals surface area contributed by atoms with Crippen molar-refractivity contribution in [2.24, 2.45) is 0 Å². The standard InChI is InChI=1S/C30H29N9O/c1-4-19(2)37(3)18-27(40)34-24-11-8-20-17-21(9-10-22(20)24)39-29(23-7-5-14-32-28(23)31)35-25-12-13-26(36-30(25)39)38-16-6-15-33-38/h4-7,9-10,12-17,24H,1-2,8,11,18H2,3H3,(H2,31,32)(H,34,40)/t24-/m0/s1. The molecule has 0 fully saturated rings. The van der Waals surface area contributed by atoms with E-state index in [0.29, 0.717) is 28.8 Å². The molecule has 200 valence electrons. The van der Waals surface area contributed by atoms with E-state index >= 15 is 0 Å². The summed E-state index contributed by atoms with van der Waals surface area (Å²) < 4.78 is 3.73. The lowest BCUT2D eigenvalue weighted by Gasteiger charge is -2.21. The van der Waals surface area contributed by atoms with Crippen LogP contribution in [0.2, 0.25) is 0 Å². The van der Waals surface area contributed by atoms with Gasteiger partial charge in [-0.25, -0.2) is 19.6 Å². The zero-order valence-electron chi connectivity index (χ0n) is 22.2. The summed E-state index contributed by atoms with van der Waals surface area (Å²) in [4.78, 5) is 28.6. The molecule has 6 rings (SSSR count). The van der Waals surface area contributed by atoms with Gasteiger partial charge in [0.1, 0.15) is 11.3 Å². The number of nitrogens with zero attached hydrogens (tertiary/aromatic N) is 7. The van der Waals surface area contributed by atoms with E-state index in [1.807, 2.05) is 54.2 Å². The Morgan fingerprint density at radius 3 is 2.85 bits per heavy atom. The first-order valence-electron chi connectivity index (χ1n) is 13.0. The van der Waals surface area contributed by atoms with E-state index in [9.17, 15) is 4.79 Å². The number of amides is 1. The molecule has 0 saturated heterocycles. The third kappa shape index (κ3) is 4.49. The van der Waals surface area contributed by atoms with E-state index in [4.69, 9.17) is 15.7 Å². The average molecular weight is 532 g/mol. The Bertz CT molecular complexity index is 1750. The molecule has 3 N–H and O–H groups in total. The number of aryl methyl sites for hydroxylation is 1. The van der Waals surface area contributed by atoms with E-state index in [0.717, 1.165) is 35.2 Å². The maximum absolute atomic E-state index is 12.7. The molecule has 1 aliphatic rings. The number of nitrogens with one attached hydrogen (secondary N) is 1. The summed E-state index contributed by atoms with van der Waals surface area (Å²) in [6.45, 7) is 7.84. The molecular formula is C30H29N9O. The lowest BCUT2D eigenvalue weighted by atomic mass is 10.1. The van der Waals surface area contributed by atoms with Gasteiger partial charge in [-0.1, -0.05) is 19.2 Å². The van der Waals surface area contributed by atoms with Crippen LogP contribution in [0.5, 0.6) is 0 Å². The smallest absolute Gasteiger partial charge is 0.239 e. The van der Waals surface area contributed by atoms with Gasteiger partial charge in [0.25, 0.3) is 0 Å². The van der Waals surface area contributed by atoms with Crippen LogP contribution in [0.3, 0.4) is 0 Å². The first-order chi connectivity index (χ1) is 19.4. The van der Waals surface area contributed by atoms with Gasteiger partial charge in [0, 0.05) is 37.0 Å². The summed E-state index contributed by atoms with van der Waals surface area (Å²) in [6.07, 6.45) is 8.53. The molecule has 4 heterocycles. The molecule has 0 aliphatic heterocycles. The molecule has 10 nitrogen and oxygen atoms in total. The molecule has 40 heavy (non-hydrogen) atoms. The number of benzene rings is 1. The quantitative estimate of drug-likeness (QED) is 0.291. The molecule has 0 radical (unpaired) electrons. The molecule has 1 atom stereocenters. The number of allylic oxidation sites excluding steroid dienone is 1. The van der Waals surface area contributed by atoms with Crippen LogP contribution in [0.15, 0.2) is 92.1 Å². The number of fused-ring (bicyclic) bond motifs is 2. The van der Waals surface area contributed by atoms with Crippen molar-refractivity contribution in [1.82, 2.24) is 39.5 Å². The summed E-state index contributed by atoms with van der Waals surface area (Å²) in [7, 11) is 1.83. The number of aromatic nitrogens is 6. The van der Waals surface area contributed by atoms with Gasteiger partial charge in [0.15, 0.2) is 17.3 Å². The van der Waals surface area contributed by atoms with Crippen LogP contribution in [0, 0.1) is 0 Å². The van der Waals surface area contributed by atoms with Gasteiger partial charge < -0.3 is 16.0 Å². The van der Waals surface area contributed by atoms with E-state index < -0.39 is 0 Å². The van der Waals surface area contributed by atoms with Gasteiger partial charge in [-0.15, -0.1) is 0 Å². The molecule has 0 unspecified atom stereocenters. The monoisotopic (exact) mass is 531 g/mol. The number of anilines is 1. The van der Waals surface area contributed by atoms with E-state index in [2.05, 4.69) is 40.7 Å². The van der Waals surface area contributed by atoms with Crippen LogP contribution < -0.4 is 11.1 Å². The molecule has 0 saturated carbocycles. The van der Waals surface area contributed by atoms with Crippen LogP contribution in [0.25, 0.3) is 34.1 Å². The molecule has 10 heteroatoms. The van der Waals surface area contributed by atoms with Crippen LogP contribution in [-0.4, -0.2) is 53.7 Å². The maximum atomic E-state index is 12.7. The Kier molecular flexibility index (Phi) is 6.35. The summed E-state index contributed by atoms with van der Waals surface area (Å²) in [6, 6.07) is 15.6. The van der Waals surface area contributed by atoms with Crippen LogP contribution in [0.4, 0.5) is 5.82 Å². The average Bonchev–Trinajstić information content (AvgIpc) is 3.71. The lowest BCUT2D eigenvalue weighted by Crippen LogP contribution is -2.36. The van der Waals surface area contributed by atoms with E-state index in [-0.39, 0.29) is 18.5 Å². The molecule has 0 spiro atoms. The van der Waals surface area contributed by atoms with Crippen molar-refractivity contribution in [1.29, 1.82) is 0 Å². The van der Waals surface area contributed by atoms with Crippen molar-refractivity contribution in [2.75, 3.05) is 19.3 Å². The van der Waals surface area contributed by atoms with Gasteiger partial charge in [-0.2, -0.15) is 5.10 Å². The van der Waals surface area contributed by atoms with Crippen molar-refractivity contribution in [3.05, 3.63) is 103 Å². The Hall–Kier alpha value is -5.25. The Morgan fingerprint density at radius 2 is 2.08 bits per heavy atom. The first kappa shape index (κ1) is 25.1. The van der Waals surface area contributed by atoms with Crippen molar-refractivity contribution < 1.29 is 4.79 Å². The minimum absolute atomic E-state index is 0.0561. The van der Waals surface area contributed by atoms with Crippen LogP contribution >= 0.6 is 0 Å². The molecule has 1 amide bonds. The SMILES string of the molecule is C=CC(=C)N(C)CC(=O)N[C@H]1CCc2cc(-n3c(-c4cccnc4N)nc4ccc(-n5cccn5)nc43)ccc21. The molecule has 1 aliphatic carbocycles. The second-order valence-electron chi connectivity index (χ2n) is 9.76. The summed E-state index contributed by atoms with van der Waals surface area (Å²) >= 11 is 0. The number of nitrogens with two attached hydrogens (primary N) is 1. The fourth-order valence-corrected chi connectivity index (χ4v) is 5.12. The summed E-state index contributed by atoms with van der Waals surface area (Å²) in [5.41, 5.74) is 12.3. The number of carbonyl (C=O) groups is 1. The van der Waals surface area contributed by atoms with Crippen molar-refractivity contribution in [2.45, 2.75) is 18.9 Å². The minimum atomic E-state index is -0.0577. The molecule has 4 aromatic heterocycles. The highest BCUT2D eigenvalue weighted by molar-refractivity contribution is 5.83. The van der Waals surface area contributed by atoms with Crippen molar-refractivity contribution >= 4 is 22.9 Å². The number of carbonyl (C=O) groups excluding carboxylic acids is 1. The first-order valence-corrected chi connectivity index (χ1v) is 13.0. The van der Waals surface area contributed by atoms with Crippen LogP contribution in [0.1, 0.15) is 23.6 Å². The topological polar surface area (TPSA) is 120 Å². The lowest BCUT2D eigenvalue weighted by molar-refractivity contribution is -0.122. The van der Waals surface area contributed by atoms with Gasteiger partial charge >= 0.3 is 0 Å². The minimum Gasteiger partial charge on any atom is -0.383 e. The van der Waals surface area contributed by atoms with E-state index in [1.165, 1.54) is 5.56 Å². The number of hydrogen-bond donors (Lipinski definition) is 2. The Morgan fingerprint density at radius 1 is 1.20 bits per heavy atom. The van der Waals surface area contributed by atoms with Crippen molar-refractivity contribution in [3.63, 3.8) is 0 Å². The largest absolute Gasteiger partial charge is 0.383 e. The van der Waals surface area contributed by atoms with Gasteiger partial charge in [-0.3, -0.25) is 9.36 Å². The highest BCUT2D eigenvalue weighted by atomic mass is 16.2. The third-order valence-corrected chi connectivity index (χ3v) is 7.21. The number of likely N-dealkylation sites (N-methyl/N-ethyl adjacent to an activating group) is 1. The second-order valence-corrected chi connectivity index (χ2v) is 9.76. The summed E-state index contributed by atoms with van der Waals surface area (Å²) in [5.74, 6) is 1.66. The van der Waals surface area contributed by atoms with Gasteiger partial charge in [-0.05, 0) is 72.5 Å².